The summed E-state index contributed by atoms with van der Waals surface area (Å²) < 4.78 is 6.63. The summed E-state index contributed by atoms with van der Waals surface area (Å²) in [7, 11) is 0. The molecular formula is C23H29BrN2O3. The van der Waals surface area contributed by atoms with Crippen molar-refractivity contribution in [2.24, 2.45) is 5.92 Å². The highest BCUT2D eigenvalue weighted by Gasteiger charge is 2.15. The lowest BCUT2D eigenvalue weighted by atomic mass is 10.1. The lowest BCUT2D eigenvalue weighted by molar-refractivity contribution is 0.0951. The van der Waals surface area contributed by atoms with Crippen LogP contribution in [-0.2, 0) is 0 Å². The number of anilines is 1. The summed E-state index contributed by atoms with van der Waals surface area (Å²) in [4.78, 5) is 25.1. The molecule has 0 atom stereocenters. The second-order valence-corrected chi connectivity index (χ2v) is 8.23. The molecule has 0 aromatic heterocycles. The first-order valence-electron chi connectivity index (χ1n) is 10.0. The molecule has 156 valence electrons. The maximum atomic E-state index is 12.9. The van der Waals surface area contributed by atoms with E-state index < -0.39 is 0 Å². The summed E-state index contributed by atoms with van der Waals surface area (Å²) in [6.07, 6.45) is 2.86. The van der Waals surface area contributed by atoms with Crippen LogP contribution in [0.4, 0.5) is 5.69 Å². The summed E-state index contributed by atoms with van der Waals surface area (Å²) >= 11 is 3.41. The van der Waals surface area contributed by atoms with Gasteiger partial charge < -0.3 is 15.4 Å². The number of nitrogens with one attached hydrogen (secondary N) is 2. The molecule has 0 aliphatic carbocycles. The Kier molecular flexibility index (Phi) is 9.19. The van der Waals surface area contributed by atoms with Crippen LogP contribution < -0.4 is 15.4 Å². The first-order valence-corrected chi connectivity index (χ1v) is 10.8. The minimum Gasteiger partial charge on any atom is -0.493 e. The predicted molar refractivity (Wildman–Crippen MR) is 121 cm³/mol. The highest BCUT2D eigenvalue weighted by atomic mass is 79.9. The van der Waals surface area contributed by atoms with E-state index in [1.165, 1.54) is 0 Å². The van der Waals surface area contributed by atoms with Crippen LogP contribution in [0.15, 0.2) is 46.9 Å². The third-order valence-corrected chi connectivity index (χ3v) is 4.83. The van der Waals surface area contributed by atoms with Crippen LogP contribution in [0, 0.1) is 5.92 Å². The summed E-state index contributed by atoms with van der Waals surface area (Å²) in [6, 6.07) is 12.3. The van der Waals surface area contributed by atoms with Gasteiger partial charge in [-0.05, 0) is 55.2 Å². The van der Waals surface area contributed by atoms with Gasteiger partial charge in [-0.3, -0.25) is 9.59 Å². The molecule has 0 heterocycles. The van der Waals surface area contributed by atoms with Gasteiger partial charge in [-0.25, -0.2) is 0 Å². The molecule has 2 amide bonds. The molecule has 2 aromatic rings. The lowest BCUT2D eigenvalue weighted by Gasteiger charge is -2.13. The zero-order valence-corrected chi connectivity index (χ0v) is 18.8. The van der Waals surface area contributed by atoms with Gasteiger partial charge in [-0.15, -0.1) is 0 Å². The first-order chi connectivity index (χ1) is 13.9. The van der Waals surface area contributed by atoms with Crippen molar-refractivity contribution in [3.05, 3.63) is 58.1 Å². The topological polar surface area (TPSA) is 67.4 Å². The fraction of sp³-hybridized carbons (Fsp3) is 0.391. The molecule has 2 rings (SSSR count). The van der Waals surface area contributed by atoms with E-state index in [9.17, 15) is 9.59 Å². The van der Waals surface area contributed by atoms with Crippen molar-refractivity contribution >= 4 is 33.4 Å². The number of benzene rings is 2. The molecule has 0 unspecified atom stereocenters. The molecule has 0 spiro atoms. The minimum atomic E-state index is -0.283. The molecule has 0 bridgehead atoms. The Labute approximate surface area is 181 Å². The molecule has 0 aliphatic heterocycles. The van der Waals surface area contributed by atoms with Crippen molar-refractivity contribution in [1.29, 1.82) is 0 Å². The number of carbonyl (C=O) groups is 2. The maximum Gasteiger partial charge on any atom is 0.259 e. The zero-order chi connectivity index (χ0) is 21.2. The van der Waals surface area contributed by atoms with Crippen LogP contribution in [0.25, 0.3) is 0 Å². The van der Waals surface area contributed by atoms with Crippen LogP contribution in [0.2, 0.25) is 0 Å². The second-order valence-electron chi connectivity index (χ2n) is 7.32. The Bertz CT molecular complexity index is 837. The quantitative estimate of drug-likeness (QED) is 0.449. The highest BCUT2D eigenvalue weighted by Crippen LogP contribution is 2.25. The van der Waals surface area contributed by atoms with Gasteiger partial charge in [0.15, 0.2) is 0 Å². The van der Waals surface area contributed by atoms with Gasteiger partial charge in [-0.1, -0.05) is 49.2 Å². The molecule has 0 saturated carbocycles. The average Bonchev–Trinajstić information content (AvgIpc) is 2.69. The van der Waals surface area contributed by atoms with Crippen molar-refractivity contribution in [1.82, 2.24) is 5.32 Å². The molecule has 2 N–H and O–H groups in total. The van der Waals surface area contributed by atoms with Crippen molar-refractivity contribution in [2.75, 3.05) is 18.5 Å². The van der Waals surface area contributed by atoms with Crippen molar-refractivity contribution in [3.63, 3.8) is 0 Å². The number of carbonyl (C=O) groups excluding carboxylic acids is 2. The number of amides is 2. The Morgan fingerprint density at radius 2 is 1.90 bits per heavy atom. The van der Waals surface area contributed by atoms with E-state index in [0.29, 0.717) is 41.6 Å². The SMILES string of the molecule is CCCCNC(=O)c1cccc(NC(=O)c2cc(Br)ccc2OCCC(C)C)c1. The average molecular weight is 461 g/mol. The molecule has 0 aliphatic rings. The van der Waals surface area contributed by atoms with Crippen LogP contribution >= 0.6 is 15.9 Å². The van der Waals surface area contributed by atoms with E-state index in [0.717, 1.165) is 23.7 Å². The Hall–Kier alpha value is -2.34. The van der Waals surface area contributed by atoms with E-state index in [2.05, 4.69) is 47.3 Å². The van der Waals surface area contributed by atoms with Crippen molar-refractivity contribution in [3.8, 4) is 5.75 Å². The zero-order valence-electron chi connectivity index (χ0n) is 17.3. The lowest BCUT2D eigenvalue weighted by Crippen LogP contribution is -2.24. The molecule has 29 heavy (non-hydrogen) atoms. The predicted octanol–water partition coefficient (Wildman–Crippen LogP) is 5.66. The second kappa shape index (κ2) is 11.6. The number of hydrogen-bond donors (Lipinski definition) is 2. The van der Waals surface area contributed by atoms with E-state index in [-0.39, 0.29) is 11.8 Å². The summed E-state index contributed by atoms with van der Waals surface area (Å²) in [6.45, 7) is 7.52. The van der Waals surface area contributed by atoms with Crippen molar-refractivity contribution in [2.45, 2.75) is 40.0 Å². The number of ether oxygens (including phenoxy) is 1. The van der Waals surface area contributed by atoms with Gasteiger partial charge in [0.25, 0.3) is 11.8 Å². The standard InChI is InChI=1S/C23H29BrN2O3/c1-4-5-12-25-22(27)17-7-6-8-19(14-17)26-23(28)20-15-18(24)9-10-21(20)29-13-11-16(2)3/h6-10,14-16H,4-5,11-13H2,1-3H3,(H,25,27)(H,26,28). The Morgan fingerprint density at radius 1 is 1.10 bits per heavy atom. The van der Waals surface area contributed by atoms with E-state index in [4.69, 9.17) is 4.74 Å². The maximum absolute atomic E-state index is 12.9. The number of rotatable bonds is 10. The van der Waals surface area contributed by atoms with Crippen LogP contribution in [-0.4, -0.2) is 25.0 Å². The fourth-order valence-electron chi connectivity index (χ4n) is 2.63. The van der Waals surface area contributed by atoms with Crippen LogP contribution in [0.3, 0.4) is 0 Å². The van der Waals surface area contributed by atoms with Gasteiger partial charge in [0, 0.05) is 22.3 Å². The largest absolute Gasteiger partial charge is 0.493 e. The molecule has 6 heteroatoms. The first kappa shape index (κ1) is 22.9. The van der Waals surface area contributed by atoms with Crippen LogP contribution in [0.5, 0.6) is 5.75 Å². The van der Waals surface area contributed by atoms with Gasteiger partial charge in [0.1, 0.15) is 5.75 Å². The molecule has 2 aromatic carbocycles. The van der Waals surface area contributed by atoms with Gasteiger partial charge >= 0.3 is 0 Å². The molecule has 0 radical (unpaired) electrons. The van der Waals surface area contributed by atoms with Crippen molar-refractivity contribution < 1.29 is 14.3 Å². The minimum absolute atomic E-state index is 0.144. The highest BCUT2D eigenvalue weighted by molar-refractivity contribution is 9.10. The molecular weight excluding hydrogens is 432 g/mol. The fourth-order valence-corrected chi connectivity index (χ4v) is 2.99. The third kappa shape index (κ3) is 7.54. The number of hydrogen-bond acceptors (Lipinski definition) is 3. The number of unbranched alkanes of at least 4 members (excludes halogenated alkanes) is 1. The van der Waals surface area contributed by atoms with E-state index in [1.54, 1.807) is 36.4 Å². The summed E-state index contributed by atoms with van der Waals surface area (Å²) in [5.41, 5.74) is 1.52. The van der Waals surface area contributed by atoms with Gasteiger partial charge in [0.05, 0.1) is 12.2 Å². The summed E-state index contributed by atoms with van der Waals surface area (Å²) in [5.74, 6) is 0.637. The Morgan fingerprint density at radius 3 is 2.62 bits per heavy atom. The van der Waals surface area contributed by atoms with Gasteiger partial charge in [-0.2, -0.15) is 0 Å². The normalized spacial score (nSPS) is 10.7. The molecule has 0 saturated heterocycles. The smallest absolute Gasteiger partial charge is 0.259 e. The number of halogens is 1. The van der Waals surface area contributed by atoms with Gasteiger partial charge in [0.2, 0.25) is 0 Å². The summed E-state index contributed by atoms with van der Waals surface area (Å²) in [5, 5.41) is 5.75. The van der Waals surface area contributed by atoms with Crippen LogP contribution in [0.1, 0.15) is 60.7 Å². The van der Waals surface area contributed by atoms with E-state index in [1.807, 2.05) is 6.07 Å². The molecule has 5 nitrogen and oxygen atoms in total. The Balaban J connectivity index is 2.10. The monoisotopic (exact) mass is 460 g/mol. The molecule has 0 fully saturated rings. The third-order valence-electron chi connectivity index (χ3n) is 4.34. The van der Waals surface area contributed by atoms with E-state index >= 15 is 0 Å².